The number of phenolic OH excluding ortho intramolecular Hbond substituents is 1. The maximum Gasteiger partial charge on any atom is 0.323 e. The number of phenols is 1. The first kappa shape index (κ1) is 32.9. The van der Waals surface area contributed by atoms with Crippen molar-refractivity contribution in [1.29, 1.82) is 0 Å². The predicted octanol–water partition coefficient (Wildman–Crippen LogP) is 8.67. The van der Waals surface area contributed by atoms with Gasteiger partial charge in [-0.05, 0) is 89.0 Å². The van der Waals surface area contributed by atoms with Gasteiger partial charge in [0, 0.05) is 16.8 Å². The summed E-state index contributed by atoms with van der Waals surface area (Å²) in [5.41, 5.74) is 0.791. The zero-order chi connectivity index (χ0) is 34.8. The lowest BCUT2D eigenvalue weighted by Gasteiger charge is -2.12. The summed E-state index contributed by atoms with van der Waals surface area (Å²) >= 11 is 0. The first-order valence-electron chi connectivity index (χ1n) is 14.2. The number of carbonyl (C=O) groups excluding carboxylic acids is 1. The Morgan fingerprint density at radius 1 is 0.551 bits per heavy atom. The van der Waals surface area contributed by atoms with Crippen LogP contribution in [-0.4, -0.2) is 37.1 Å². The molecule has 16 heteroatoms. The number of benzene rings is 6. The van der Waals surface area contributed by atoms with Crippen LogP contribution in [0.2, 0.25) is 0 Å². The Morgan fingerprint density at radius 3 is 1.67 bits per heavy atom. The molecule has 2 amide bonds. The van der Waals surface area contributed by atoms with E-state index in [0.29, 0.717) is 22.1 Å². The van der Waals surface area contributed by atoms with Gasteiger partial charge in [-0.25, -0.2) is 4.79 Å². The third-order valence-electron chi connectivity index (χ3n) is 7.09. The van der Waals surface area contributed by atoms with Crippen molar-refractivity contribution >= 4 is 81.9 Å². The average Bonchev–Trinajstić information content (AvgIpc) is 3.06. The van der Waals surface area contributed by atoms with E-state index in [1.807, 2.05) is 0 Å². The van der Waals surface area contributed by atoms with Gasteiger partial charge in [-0.3, -0.25) is 9.11 Å². The number of urea groups is 1. The van der Waals surface area contributed by atoms with E-state index in [4.69, 9.17) is 0 Å². The van der Waals surface area contributed by atoms with Gasteiger partial charge in [0.25, 0.3) is 20.2 Å². The van der Waals surface area contributed by atoms with Gasteiger partial charge in [0.1, 0.15) is 21.2 Å². The monoisotopic (exact) mass is 696 g/mol. The molecule has 0 aliphatic carbocycles. The lowest BCUT2D eigenvalue weighted by atomic mass is 10.1. The molecule has 0 atom stereocenters. The number of fused-ring (bicyclic) bond motifs is 2. The average molecular weight is 697 g/mol. The Balaban J connectivity index is 1.26. The van der Waals surface area contributed by atoms with Gasteiger partial charge in [-0.2, -0.15) is 27.1 Å². The third kappa shape index (κ3) is 7.58. The summed E-state index contributed by atoms with van der Waals surface area (Å²) in [6.07, 6.45) is 0. The second kappa shape index (κ2) is 13.2. The summed E-state index contributed by atoms with van der Waals surface area (Å²) < 4.78 is 68.5. The Kier molecular flexibility index (Phi) is 8.86. The molecule has 0 aliphatic heterocycles. The molecule has 0 fully saturated rings. The highest BCUT2D eigenvalue weighted by atomic mass is 32.2. The van der Waals surface area contributed by atoms with Crippen LogP contribution < -0.4 is 10.6 Å². The van der Waals surface area contributed by atoms with Crippen LogP contribution in [0.25, 0.3) is 21.5 Å². The van der Waals surface area contributed by atoms with Crippen molar-refractivity contribution in [3.63, 3.8) is 0 Å². The maximum atomic E-state index is 12.9. The summed E-state index contributed by atoms with van der Waals surface area (Å²) in [5, 5.41) is 33.2. The first-order valence-corrected chi connectivity index (χ1v) is 17.1. The van der Waals surface area contributed by atoms with Gasteiger partial charge in [0.15, 0.2) is 5.75 Å². The SMILES string of the molecule is O=C(Nc1ccc2cc(N=Nc3ccccc3)c(S(=O)(=O)O)cc2c1)Nc1ccc2c(O)c(N=Nc3ccccc3)c(S(=O)(=O)O)cc2c1. The van der Waals surface area contributed by atoms with E-state index in [0.717, 1.165) is 6.07 Å². The molecule has 0 radical (unpaired) electrons. The molecule has 0 saturated carbocycles. The largest absolute Gasteiger partial charge is 0.505 e. The fourth-order valence-electron chi connectivity index (χ4n) is 4.85. The van der Waals surface area contributed by atoms with Crippen LogP contribution in [0.4, 0.5) is 38.9 Å². The molecule has 49 heavy (non-hydrogen) atoms. The minimum Gasteiger partial charge on any atom is -0.505 e. The Labute approximate surface area is 279 Å². The van der Waals surface area contributed by atoms with E-state index < -0.39 is 47.5 Å². The van der Waals surface area contributed by atoms with Crippen molar-refractivity contribution in [2.45, 2.75) is 9.79 Å². The minimum absolute atomic E-state index is 0.0804. The van der Waals surface area contributed by atoms with Crippen molar-refractivity contribution in [2.24, 2.45) is 20.5 Å². The van der Waals surface area contributed by atoms with Crippen molar-refractivity contribution in [3.8, 4) is 5.75 Å². The molecule has 0 bridgehead atoms. The minimum atomic E-state index is -4.86. The smallest absolute Gasteiger partial charge is 0.323 e. The number of anilines is 2. The molecule has 0 saturated heterocycles. The maximum absolute atomic E-state index is 12.9. The summed E-state index contributed by atoms with van der Waals surface area (Å²) in [5.74, 6) is -0.550. The number of nitrogens with zero attached hydrogens (tertiary/aromatic N) is 4. The van der Waals surface area contributed by atoms with Crippen molar-refractivity contribution in [3.05, 3.63) is 115 Å². The zero-order valence-electron chi connectivity index (χ0n) is 25.0. The van der Waals surface area contributed by atoms with Crippen LogP contribution >= 0.6 is 0 Å². The lowest BCUT2D eigenvalue weighted by Crippen LogP contribution is -2.19. The quantitative estimate of drug-likeness (QED) is 0.0763. The molecule has 0 spiro atoms. The van der Waals surface area contributed by atoms with Gasteiger partial charge in [-0.15, -0.1) is 10.2 Å². The molecule has 0 aliphatic rings. The first-order chi connectivity index (χ1) is 23.3. The second-order valence-corrected chi connectivity index (χ2v) is 13.3. The van der Waals surface area contributed by atoms with Gasteiger partial charge >= 0.3 is 6.03 Å². The molecule has 6 aromatic carbocycles. The van der Waals surface area contributed by atoms with E-state index in [1.165, 1.54) is 36.4 Å². The normalized spacial score (nSPS) is 12.2. The molecule has 0 unspecified atom stereocenters. The van der Waals surface area contributed by atoms with E-state index >= 15 is 0 Å². The highest BCUT2D eigenvalue weighted by Crippen LogP contribution is 2.42. The number of carbonyl (C=O) groups is 1. The van der Waals surface area contributed by atoms with E-state index in [1.54, 1.807) is 72.8 Å². The van der Waals surface area contributed by atoms with Crippen LogP contribution in [0, 0.1) is 0 Å². The summed E-state index contributed by atoms with van der Waals surface area (Å²) in [7, 11) is -9.55. The molecule has 0 heterocycles. The van der Waals surface area contributed by atoms with Gasteiger partial charge in [-0.1, -0.05) is 42.5 Å². The number of amides is 2. The highest BCUT2D eigenvalue weighted by Gasteiger charge is 2.22. The number of azo groups is 2. The molecule has 0 aromatic heterocycles. The van der Waals surface area contributed by atoms with Crippen LogP contribution in [0.3, 0.4) is 0 Å². The van der Waals surface area contributed by atoms with Gasteiger partial charge in [0.05, 0.1) is 11.4 Å². The molecular formula is C33H24N6O8S2. The lowest BCUT2D eigenvalue weighted by molar-refractivity contribution is 0.262. The Morgan fingerprint density at radius 2 is 1.08 bits per heavy atom. The van der Waals surface area contributed by atoms with Crippen molar-refractivity contribution in [2.75, 3.05) is 10.6 Å². The highest BCUT2D eigenvalue weighted by molar-refractivity contribution is 7.86. The molecular weight excluding hydrogens is 673 g/mol. The van der Waals surface area contributed by atoms with Crippen LogP contribution in [0.5, 0.6) is 5.75 Å². The zero-order valence-corrected chi connectivity index (χ0v) is 26.6. The van der Waals surface area contributed by atoms with E-state index in [-0.39, 0.29) is 27.8 Å². The Hall–Kier alpha value is -6.07. The van der Waals surface area contributed by atoms with Crippen molar-refractivity contribution in [1.82, 2.24) is 0 Å². The van der Waals surface area contributed by atoms with Gasteiger partial charge in [0.2, 0.25) is 0 Å². The van der Waals surface area contributed by atoms with Crippen LogP contribution in [0.15, 0.2) is 146 Å². The molecule has 6 rings (SSSR count). The number of nitrogens with one attached hydrogen (secondary N) is 2. The summed E-state index contributed by atoms with van der Waals surface area (Å²) in [6, 6.07) is 29.0. The van der Waals surface area contributed by atoms with Crippen LogP contribution in [0.1, 0.15) is 0 Å². The molecule has 14 nitrogen and oxygen atoms in total. The number of hydrogen-bond acceptors (Lipinski definition) is 10. The van der Waals surface area contributed by atoms with E-state index in [9.17, 15) is 35.8 Å². The number of hydrogen-bond donors (Lipinski definition) is 5. The standard InChI is InChI=1S/C33H24N6O8S2/c40-32-27-14-13-26(16-22(27)19-30(49(45,46)47)31(32)39-37-24-9-5-2-6-10-24)35-33(41)34-25-12-11-20-17-28(38-36-23-7-3-1-4-8-23)29(48(42,43)44)18-21(20)15-25/h1-19,40H,(H2,34,35,41)(H,42,43,44)(H,45,46,47). The fraction of sp³-hybridized carbons (Fsp3) is 0. The fourth-order valence-corrected chi connectivity index (χ4v) is 6.15. The van der Waals surface area contributed by atoms with Crippen molar-refractivity contribution < 1.29 is 35.8 Å². The second-order valence-electron chi connectivity index (χ2n) is 10.5. The van der Waals surface area contributed by atoms with Gasteiger partial charge < -0.3 is 15.7 Å². The number of aromatic hydroxyl groups is 1. The third-order valence-corrected chi connectivity index (χ3v) is 8.84. The number of rotatable bonds is 8. The van der Waals surface area contributed by atoms with E-state index in [2.05, 4.69) is 31.1 Å². The summed E-state index contributed by atoms with van der Waals surface area (Å²) in [6.45, 7) is 0. The molecule has 5 N–H and O–H groups in total. The topological polar surface area (TPSA) is 220 Å². The van der Waals surface area contributed by atoms with Crippen LogP contribution in [-0.2, 0) is 20.2 Å². The Bertz CT molecular complexity index is 2530. The molecule has 6 aromatic rings. The molecule has 246 valence electrons. The predicted molar refractivity (Wildman–Crippen MR) is 183 cm³/mol. The summed E-state index contributed by atoms with van der Waals surface area (Å²) in [4.78, 5) is 11.8.